The summed E-state index contributed by atoms with van der Waals surface area (Å²) in [6, 6.07) is 6.07. The van der Waals surface area contributed by atoms with Gasteiger partial charge in [0.05, 0.1) is 6.61 Å². The molecule has 21 heavy (non-hydrogen) atoms. The molecular formula is C17H27NO3. The number of benzene rings is 1. The Balaban J connectivity index is 2.86. The zero-order chi connectivity index (χ0) is 16.0. The Morgan fingerprint density at radius 2 is 2.00 bits per heavy atom. The van der Waals surface area contributed by atoms with Gasteiger partial charge in [-0.2, -0.15) is 0 Å². The average Bonchev–Trinajstić information content (AvgIpc) is 2.40. The van der Waals surface area contributed by atoms with Crippen molar-refractivity contribution >= 4 is 5.97 Å². The SMILES string of the molecule is CCOC(=O)C(C)(COc1cccc(C)c1C)NC(C)C. The summed E-state index contributed by atoms with van der Waals surface area (Å²) in [6.45, 7) is 12.3. The topological polar surface area (TPSA) is 47.6 Å². The predicted molar refractivity (Wildman–Crippen MR) is 84.7 cm³/mol. The number of aryl methyl sites for hydroxylation is 1. The highest BCUT2D eigenvalue weighted by Gasteiger charge is 2.36. The Kier molecular flexibility index (Phi) is 6.21. The van der Waals surface area contributed by atoms with Gasteiger partial charge in [0.15, 0.2) is 0 Å². The first-order chi connectivity index (χ1) is 9.80. The first-order valence-electron chi connectivity index (χ1n) is 7.44. The van der Waals surface area contributed by atoms with Crippen molar-refractivity contribution in [3.8, 4) is 5.75 Å². The Labute approximate surface area is 127 Å². The minimum absolute atomic E-state index is 0.154. The van der Waals surface area contributed by atoms with Gasteiger partial charge in [0.1, 0.15) is 17.9 Å². The highest BCUT2D eigenvalue weighted by Crippen LogP contribution is 2.22. The van der Waals surface area contributed by atoms with E-state index in [9.17, 15) is 4.79 Å². The van der Waals surface area contributed by atoms with Crippen LogP contribution in [0.3, 0.4) is 0 Å². The fourth-order valence-corrected chi connectivity index (χ4v) is 2.19. The van der Waals surface area contributed by atoms with Crippen molar-refractivity contribution in [2.75, 3.05) is 13.2 Å². The van der Waals surface area contributed by atoms with Gasteiger partial charge < -0.3 is 9.47 Å². The standard InChI is InChI=1S/C17H27NO3/c1-7-20-16(19)17(6,18-12(2)3)11-21-15-10-8-9-13(4)14(15)5/h8-10,12,18H,7,11H2,1-6H3. The number of carbonyl (C=O) groups excluding carboxylic acids is 1. The molecule has 0 aliphatic rings. The Hall–Kier alpha value is -1.55. The van der Waals surface area contributed by atoms with Gasteiger partial charge in [-0.3, -0.25) is 5.32 Å². The molecule has 1 aromatic carbocycles. The molecule has 0 fully saturated rings. The van der Waals surface area contributed by atoms with Crippen molar-refractivity contribution < 1.29 is 14.3 Å². The van der Waals surface area contributed by atoms with Crippen LogP contribution in [0.1, 0.15) is 38.8 Å². The normalized spacial score (nSPS) is 13.9. The Bertz CT molecular complexity index is 485. The Morgan fingerprint density at radius 1 is 1.33 bits per heavy atom. The predicted octanol–water partition coefficient (Wildman–Crippen LogP) is 3.00. The molecule has 0 saturated heterocycles. The van der Waals surface area contributed by atoms with E-state index in [0.717, 1.165) is 11.3 Å². The van der Waals surface area contributed by atoms with Gasteiger partial charge in [-0.15, -0.1) is 0 Å². The minimum atomic E-state index is -0.861. The second-order valence-electron chi connectivity index (χ2n) is 5.84. The lowest BCUT2D eigenvalue weighted by molar-refractivity contribution is -0.152. The van der Waals surface area contributed by atoms with Gasteiger partial charge in [-0.1, -0.05) is 12.1 Å². The van der Waals surface area contributed by atoms with Crippen LogP contribution >= 0.6 is 0 Å². The average molecular weight is 293 g/mol. The number of esters is 1. The van der Waals surface area contributed by atoms with Crippen LogP contribution in [0.25, 0.3) is 0 Å². The quantitative estimate of drug-likeness (QED) is 0.785. The number of nitrogens with one attached hydrogen (secondary N) is 1. The van der Waals surface area contributed by atoms with Crippen LogP contribution in [0.2, 0.25) is 0 Å². The summed E-state index contributed by atoms with van der Waals surface area (Å²) < 4.78 is 11.1. The van der Waals surface area contributed by atoms with Crippen LogP contribution < -0.4 is 10.1 Å². The van der Waals surface area contributed by atoms with E-state index in [-0.39, 0.29) is 18.6 Å². The van der Waals surface area contributed by atoms with Crippen LogP contribution in [0.4, 0.5) is 0 Å². The van der Waals surface area contributed by atoms with E-state index in [4.69, 9.17) is 9.47 Å². The van der Waals surface area contributed by atoms with Crippen molar-refractivity contribution in [2.45, 2.75) is 53.1 Å². The van der Waals surface area contributed by atoms with Crippen LogP contribution in [-0.4, -0.2) is 30.8 Å². The molecular weight excluding hydrogens is 266 g/mol. The highest BCUT2D eigenvalue weighted by atomic mass is 16.5. The largest absolute Gasteiger partial charge is 0.491 e. The lowest BCUT2D eigenvalue weighted by Crippen LogP contribution is -2.57. The second-order valence-corrected chi connectivity index (χ2v) is 5.84. The van der Waals surface area contributed by atoms with Gasteiger partial charge >= 0.3 is 5.97 Å². The maximum Gasteiger partial charge on any atom is 0.329 e. The Morgan fingerprint density at radius 3 is 2.57 bits per heavy atom. The number of hydrogen-bond donors (Lipinski definition) is 1. The smallest absolute Gasteiger partial charge is 0.329 e. The monoisotopic (exact) mass is 293 g/mol. The lowest BCUT2D eigenvalue weighted by atomic mass is 10.0. The van der Waals surface area contributed by atoms with E-state index >= 15 is 0 Å². The van der Waals surface area contributed by atoms with Crippen molar-refractivity contribution in [3.63, 3.8) is 0 Å². The molecule has 0 aliphatic heterocycles. The molecule has 1 rings (SSSR count). The molecule has 0 radical (unpaired) electrons. The second kappa shape index (κ2) is 7.46. The molecule has 1 aromatic rings. The van der Waals surface area contributed by atoms with Gasteiger partial charge in [0, 0.05) is 6.04 Å². The summed E-state index contributed by atoms with van der Waals surface area (Å²) in [5.41, 5.74) is 1.40. The van der Waals surface area contributed by atoms with Gasteiger partial charge in [0.2, 0.25) is 0 Å². The maximum absolute atomic E-state index is 12.2. The number of hydrogen-bond acceptors (Lipinski definition) is 4. The highest BCUT2D eigenvalue weighted by molar-refractivity contribution is 5.80. The summed E-state index contributed by atoms with van der Waals surface area (Å²) >= 11 is 0. The molecule has 118 valence electrons. The summed E-state index contributed by atoms with van der Waals surface area (Å²) in [6.07, 6.45) is 0. The third-order valence-electron chi connectivity index (χ3n) is 3.40. The molecule has 1 atom stereocenters. The van der Waals surface area contributed by atoms with E-state index in [2.05, 4.69) is 5.32 Å². The lowest BCUT2D eigenvalue weighted by Gasteiger charge is -2.30. The first kappa shape index (κ1) is 17.5. The molecule has 0 aliphatic carbocycles. The van der Waals surface area contributed by atoms with Crippen LogP contribution in [0, 0.1) is 13.8 Å². The van der Waals surface area contributed by atoms with Crippen LogP contribution in [0.5, 0.6) is 5.75 Å². The molecule has 0 heterocycles. The summed E-state index contributed by atoms with van der Waals surface area (Å²) in [4.78, 5) is 12.2. The molecule has 0 spiro atoms. The fraction of sp³-hybridized carbons (Fsp3) is 0.588. The third kappa shape index (κ3) is 4.74. The molecule has 4 nitrogen and oxygen atoms in total. The zero-order valence-electron chi connectivity index (χ0n) is 13.9. The van der Waals surface area contributed by atoms with Crippen molar-refractivity contribution in [1.82, 2.24) is 5.32 Å². The number of rotatable bonds is 7. The van der Waals surface area contributed by atoms with E-state index in [1.165, 1.54) is 5.56 Å². The molecule has 0 bridgehead atoms. The van der Waals surface area contributed by atoms with Gasteiger partial charge in [-0.05, 0) is 58.7 Å². The summed E-state index contributed by atoms with van der Waals surface area (Å²) in [5, 5.41) is 3.25. The summed E-state index contributed by atoms with van der Waals surface area (Å²) in [5.74, 6) is 0.514. The summed E-state index contributed by atoms with van der Waals surface area (Å²) in [7, 11) is 0. The van der Waals surface area contributed by atoms with Gasteiger partial charge in [-0.25, -0.2) is 4.79 Å². The molecule has 1 N–H and O–H groups in total. The molecule has 4 heteroatoms. The van der Waals surface area contributed by atoms with Crippen molar-refractivity contribution in [2.24, 2.45) is 0 Å². The number of carbonyl (C=O) groups is 1. The van der Waals surface area contributed by atoms with Crippen molar-refractivity contribution in [3.05, 3.63) is 29.3 Å². The first-order valence-corrected chi connectivity index (χ1v) is 7.44. The zero-order valence-corrected chi connectivity index (χ0v) is 13.9. The van der Waals surface area contributed by atoms with Crippen LogP contribution in [0.15, 0.2) is 18.2 Å². The van der Waals surface area contributed by atoms with Crippen molar-refractivity contribution in [1.29, 1.82) is 0 Å². The van der Waals surface area contributed by atoms with E-state index in [0.29, 0.717) is 6.61 Å². The third-order valence-corrected chi connectivity index (χ3v) is 3.40. The minimum Gasteiger partial charge on any atom is -0.491 e. The van der Waals surface area contributed by atoms with Gasteiger partial charge in [0.25, 0.3) is 0 Å². The maximum atomic E-state index is 12.2. The van der Waals surface area contributed by atoms with Crippen LogP contribution in [-0.2, 0) is 9.53 Å². The molecule has 0 saturated carbocycles. The van der Waals surface area contributed by atoms with E-state index in [1.807, 2.05) is 52.8 Å². The molecule has 1 unspecified atom stereocenters. The molecule has 0 amide bonds. The van der Waals surface area contributed by atoms with E-state index < -0.39 is 5.54 Å². The fourth-order valence-electron chi connectivity index (χ4n) is 2.19. The molecule has 0 aromatic heterocycles. The van der Waals surface area contributed by atoms with E-state index in [1.54, 1.807) is 6.92 Å². The number of ether oxygens (including phenoxy) is 2.